The second kappa shape index (κ2) is 16.0. The number of nitrogens with two attached hydrogens (primary N) is 5. The molecule has 0 aromatic rings. The van der Waals surface area contributed by atoms with Crippen molar-refractivity contribution in [2.75, 3.05) is 6.61 Å². The Labute approximate surface area is 185 Å². The first kappa shape index (κ1) is 31.5. The lowest BCUT2D eigenvalue weighted by Crippen LogP contribution is -2.46. The number of rotatable bonds is 12. The van der Waals surface area contributed by atoms with Crippen LogP contribution in [-0.4, -0.2) is 76.9 Å². The fourth-order valence-electron chi connectivity index (χ4n) is 1.68. The first-order valence-electron chi connectivity index (χ1n) is 9.79. The molecule has 0 aromatic heterocycles. The van der Waals surface area contributed by atoms with Gasteiger partial charge in [-0.3, -0.25) is 14.4 Å². The highest BCUT2D eigenvalue weighted by atomic mass is 16.6. The number of carbonyl (C=O) groups excluding carboxylic acids is 4. The van der Waals surface area contributed by atoms with E-state index in [-0.39, 0.29) is 18.8 Å². The monoisotopic (exact) mass is 465 g/mol. The summed E-state index contributed by atoms with van der Waals surface area (Å²) in [6.45, 7) is 4.54. The van der Waals surface area contributed by atoms with Crippen LogP contribution in [0.3, 0.4) is 0 Å². The summed E-state index contributed by atoms with van der Waals surface area (Å²) in [7, 11) is 0. The maximum Gasteiger partial charge on any atom is 0.333 e. The van der Waals surface area contributed by atoms with Crippen molar-refractivity contribution in [1.29, 1.82) is 0 Å². The van der Waals surface area contributed by atoms with E-state index in [4.69, 9.17) is 38.9 Å². The van der Waals surface area contributed by atoms with Crippen LogP contribution < -0.4 is 28.7 Å². The second-order valence-electron chi connectivity index (χ2n) is 7.10. The van der Waals surface area contributed by atoms with Crippen LogP contribution in [0.5, 0.6) is 0 Å². The van der Waals surface area contributed by atoms with Gasteiger partial charge in [-0.15, -0.1) is 0 Å². The number of primary amides is 1. The number of carboxylic acids is 1. The molecule has 32 heavy (non-hydrogen) atoms. The van der Waals surface area contributed by atoms with E-state index in [0.29, 0.717) is 6.42 Å². The Hall–Kier alpha value is -2.65. The molecular weight excluding hydrogens is 430 g/mol. The highest BCUT2D eigenvalue weighted by Crippen LogP contribution is 2.07. The van der Waals surface area contributed by atoms with Crippen molar-refractivity contribution < 1.29 is 43.7 Å². The van der Waals surface area contributed by atoms with Gasteiger partial charge in [0.25, 0.3) is 0 Å². The average molecular weight is 466 g/mol. The molecule has 0 unspecified atom stereocenters. The van der Waals surface area contributed by atoms with Gasteiger partial charge >= 0.3 is 23.9 Å². The SMILES string of the molecule is CC[C@H](C)[C@H](N)C(=O)OC(=O)[C@@H](N)[C@@H](C)O.NC(=O)CC[C@H](N)C(=O)OC[C@H](N)C(=O)O. The zero-order chi connectivity index (χ0) is 25.6. The van der Waals surface area contributed by atoms with Gasteiger partial charge in [-0.2, -0.15) is 0 Å². The van der Waals surface area contributed by atoms with Gasteiger partial charge in [0.15, 0.2) is 0 Å². The van der Waals surface area contributed by atoms with Gasteiger partial charge in [0.05, 0.1) is 6.10 Å². The molecule has 0 spiro atoms. The minimum Gasteiger partial charge on any atom is -0.480 e. The molecule has 0 rings (SSSR count). The van der Waals surface area contributed by atoms with E-state index in [0.717, 1.165) is 0 Å². The molecule has 1 amide bonds. The van der Waals surface area contributed by atoms with Crippen molar-refractivity contribution in [2.24, 2.45) is 34.6 Å². The lowest BCUT2D eigenvalue weighted by atomic mass is 10.0. The zero-order valence-electron chi connectivity index (χ0n) is 18.4. The van der Waals surface area contributed by atoms with Gasteiger partial charge in [-0.1, -0.05) is 20.3 Å². The predicted octanol–water partition coefficient (Wildman–Crippen LogP) is -3.33. The van der Waals surface area contributed by atoms with Gasteiger partial charge in [-0.25, -0.2) is 9.59 Å². The Morgan fingerprint density at radius 3 is 1.78 bits per heavy atom. The Morgan fingerprint density at radius 2 is 1.38 bits per heavy atom. The number of aliphatic hydroxyl groups excluding tert-OH is 1. The molecule has 0 bridgehead atoms. The number of hydrogen-bond donors (Lipinski definition) is 7. The van der Waals surface area contributed by atoms with Crippen molar-refractivity contribution in [3.8, 4) is 0 Å². The fourth-order valence-corrected chi connectivity index (χ4v) is 1.68. The van der Waals surface area contributed by atoms with Crippen molar-refractivity contribution in [1.82, 2.24) is 0 Å². The van der Waals surface area contributed by atoms with Gasteiger partial charge in [0.1, 0.15) is 30.8 Å². The molecule has 186 valence electrons. The number of hydrogen-bond acceptors (Lipinski definition) is 12. The van der Waals surface area contributed by atoms with Crippen LogP contribution in [0.4, 0.5) is 0 Å². The van der Waals surface area contributed by atoms with Crippen LogP contribution >= 0.6 is 0 Å². The maximum atomic E-state index is 11.4. The molecule has 0 aromatic carbocycles. The third kappa shape index (κ3) is 13.6. The van der Waals surface area contributed by atoms with Crippen molar-refractivity contribution in [2.45, 2.75) is 70.3 Å². The van der Waals surface area contributed by atoms with Gasteiger partial charge < -0.3 is 48.4 Å². The van der Waals surface area contributed by atoms with Crippen LogP contribution in [0.2, 0.25) is 0 Å². The largest absolute Gasteiger partial charge is 0.480 e. The molecule has 0 saturated heterocycles. The van der Waals surface area contributed by atoms with Gasteiger partial charge in [0, 0.05) is 6.42 Å². The van der Waals surface area contributed by atoms with E-state index >= 15 is 0 Å². The van der Waals surface area contributed by atoms with E-state index in [2.05, 4.69) is 9.47 Å². The average Bonchev–Trinajstić information content (AvgIpc) is 2.73. The molecule has 14 heteroatoms. The predicted molar refractivity (Wildman–Crippen MR) is 111 cm³/mol. The zero-order valence-corrected chi connectivity index (χ0v) is 18.4. The van der Waals surface area contributed by atoms with E-state index in [1.54, 1.807) is 6.92 Å². The summed E-state index contributed by atoms with van der Waals surface area (Å²) in [5.41, 5.74) is 26.2. The summed E-state index contributed by atoms with van der Waals surface area (Å²) in [6.07, 6.45) is -0.356. The molecule has 0 radical (unpaired) electrons. The molecule has 0 heterocycles. The van der Waals surface area contributed by atoms with Crippen LogP contribution in [0.25, 0.3) is 0 Å². The first-order valence-corrected chi connectivity index (χ1v) is 9.79. The minimum absolute atomic E-state index is 0.0404. The summed E-state index contributed by atoms with van der Waals surface area (Å²) in [5, 5.41) is 17.4. The van der Waals surface area contributed by atoms with E-state index < -0.39 is 66.7 Å². The third-order valence-electron chi connectivity index (χ3n) is 4.25. The molecule has 6 atom stereocenters. The van der Waals surface area contributed by atoms with Crippen molar-refractivity contribution in [3.63, 3.8) is 0 Å². The number of ether oxygens (including phenoxy) is 2. The topological polar surface area (TPSA) is 274 Å². The normalized spacial score (nSPS) is 16.1. The molecule has 12 N–H and O–H groups in total. The number of carbonyl (C=O) groups is 5. The smallest absolute Gasteiger partial charge is 0.333 e. The first-order chi connectivity index (χ1) is 14.6. The maximum absolute atomic E-state index is 11.4. The van der Waals surface area contributed by atoms with Crippen molar-refractivity contribution in [3.05, 3.63) is 0 Å². The molecule has 0 aliphatic carbocycles. The molecule has 0 aliphatic rings. The Morgan fingerprint density at radius 1 is 0.875 bits per heavy atom. The highest BCUT2D eigenvalue weighted by Gasteiger charge is 2.28. The van der Waals surface area contributed by atoms with Gasteiger partial charge in [-0.05, 0) is 19.3 Å². The standard InChI is InChI=1S/C10H20N2O4.C8H15N3O5/c1-4-5(2)7(11)9(14)16-10(15)8(12)6(3)13;9-4(1-2-6(11)12)8(15)16-3-5(10)7(13)14/h5-8,13H,4,11-12H2,1-3H3;4-5H,1-3,9-10H2,(H2,11,12)(H,13,14)/t5-,6+,7-,8-;4-,5-/m00/s1. The van der Waals surface area contributed by atoms with E-state index in [1.807, 2.05) is 6.92 Å². The number of esters is 3. The fraction of sp³-hybridized carbons (Fsp3) is 0.722. The summed E-state index contributed by atoms with van der Waals surface area (Å²) < 4.78 is 9.01. The summed E-state index contributed by atoms with van der Waals surface area (Å²) in [5.74, 6) is -4.51. The van der Waals surface area contributed by atoms with Gasteiger partial charge in [0.2, 0.25) is 5.91 Å². The molecule has 0 saturated carbocycles. The van der Waals surface area contributed by atoms with Crippen LogP contribution in [-0.2, 0) is 33.4 Å². The highest BCUT2D eigenvalue weighted by molar-refractivity contribution is 5.91. The molecule has 0 aliphatic heterocycles. The summed E-state index contributed by atoms with van der Waals surface area (Å²) >= 11 is 0. The van der Waals surface area contributed by atoms with Crippen LogP contribution in [0, 0.1) is 5.92 Å². The van der Waals surface area contributed by atoms with Crippen molar-refractivity contribution >= 4 is 29.8 Å². The second-order valence-corrected chi connectivity index (χ2v) is 7.10. The number of aliphatic hydroxyl groups is 1. The summed E-state index contributed by atoms with van der Waals surface area (Å²) in [4.78, 5) is 54.4. The third-order valence-corrected chi connectivity index (χ3v) is 4.25. The molecular formula is C18H35N5O9. The Bertz CT molecular complexity index is 644. The van der Waals surface area contributed by atoms with E-state index in [9.17, 15) is 24.0 Å². The number of amides is 1. The quantitative estimate of drug-likeness (QED) is 0.110. The van der Waals surface area contributed by atoms with Crippen LogP contribution in [0.1, 0.15) is 40.0 Å². The molecule has 0 fully saturated rings. The Balaban J connectivity index is 0. The molecule has 14 nitrogen and oxygen atoms in total. The Kier molecular flexibility index (Phi) is 15.8. The summed E-state index contributed by atoms with van der Waals surface area (Å²) in [6, 6.07) is -4.37. The number of aliphatic carboxylic acids is 1. The van der Waals surface area contributed by atoms with E-state index in [1.165, 1.54) is 6.92 Å². The lowest BCUT2D eigenvalue weighted by molar-refractivity contribution is -0.163. The number of carboxylic acid groups (broad SMARTS) is 1. The minimum atomic E-state index is -1.28. The lowest BCUT2D eigenvalue weighted by Gasteiger charge is -2.18. The van der Waals surface area contributed by atoms with Crippen LogP contribution in [0.15, 0.2) is 0 Å².